The molecule has 2 saturated heterocycles. The lowest BCUT2D eigenvalue weighted by Crippen LogP contribution is -2.33. The Morgan fingerprint density at radius 2 is 1.66 bits per heavy atom. The van der Waals surface area contributed by atoms with Gasteiger partial charge in [0.05, 0.1) is 49.3 Å². The Morgan fingerprint density at radius 1 is 0.940 bits per heavy atom. The molecule has 1 amide bonds. The summed E-state index contributed by atoms with van der Waals surface area (Å²) in [5.41, 5.74) is 4.81. The minimum Gasteiger partial charge on any atom is -0.394 e. The zero-order valence-electron chi connectivity index (χ0n) is 35.8. The van der Waals surface area contributed by atoms with Gasteiger partial charge in [0, 0.05) is 45.2 Å². The lowest BCUT2D eigenvalue weighted by molar-refractivity contribution is -0.120. The van der Waals surface area contributed by atoms with Crippen molar-refractivity contribution in [3.8, 4) is 23.7 Å². The van der Waals surface area contributed by atoms with E-state index in [0.29, 0.717) is 25.7 Å². The summed E-state index contributed by atoms with van der Waals surface area (Å²) in [7, 11) is -15.4. The second kappa shape index (κ2) is 24.2. The van der Waals surface area contributed by atoms with Crippen LogP contribution in [0.3, 0.4) is 0 Å². The van der Waals surface area contributed by atoms with Crippen LogP contribution in [0.25, 0.3) is 0 Å². The van der Waals surface area contributed by atoms with Gasteiger partial charge in [-0.1, -0.05) is 36.5 Å². The molecule has 9 atom stereocenters. The van der Waals surface area contributed by atoms with Crippen LogP contribution in [0, 0.1) is 23.7 Å². The van der Waals surface area contributed by atoms with Crippen LogP contribution in [-0.2, 0) is 45.8 Å². The molecule has 27 nitrogen and oxygen atoms in total. The third-order valence-corrected chi connectivity index (χ3v) is 14.0. The van der Waals surface area contributed by atoms with Gasteiger partial charge < -0.3 is 55.0 Å². The highest BCUT2D eigenvalue weighted by molar-refractivity contribution is 7.66. The number of aliphatic hydroxyl groups is 2. The largest absolute Gasteiger partial charge is 0.490 e. The number of ether oxygens (including phenoxy) is 3. The first-order valence-electron chi connectivity index (χ1n) is 20.7. The van der Waals surface area contributed by atoms with Crippen LogP contribution >= 0.6 is 23.5 Å². The zero-order valence-corrected chi connectivity index (χ0v) is 38.5. The van der Waals surface area contributed by atoms with E-state index >= 15 is 0 Å². The number of hydrogen-bond donors (Lipinski definition) is 9. The lowest BCUT2D eigenvalue weighted by Gasteiger charge is -2.19. The van der Waals surface area contributed by atoms with E-state index in [1.165, 1.54) is 24.1 Å². The van der Waals surface area contributed by atoms with E-state index in [1.807, 2.05) is 6.08 Å². The quantitative estimate of drug-likeness (QED) is 0.0445. The molecule has 10 N–H and O–H groups in total. The van der Waals surface area contributed by atoms with Gasteiger partial charge in [0.1, 0.15) is 36.0 Å². The van der Waals surface area contributed by atoms with Crippen molar-refractivity contribution in [1.82, 2.24) is 24.4 Å². The summed E-state index contributed by atoms with van der Waals surface area (Å²) in [5.74, 6) is 10.8. The van der Waals surface area contributed by atoms with E-state index in [9.17, 15) is 52.9 Å². The van der Waals surface area contributed by atoms with Crippen molar-refractivity contribution in [1.29, 1.82) is 0 Å². The predicted molar refractivity (Wildman–Crippen MR) is 230 cm³/mol. The number of amides is 1. The van der Waals surface area contributed by atoms with Crippen molar-refractivity contribution in [3.63, 3.8) is 0 Å². The van der Waals surface area contributed by atoms with Gasteiger partial charge in [-0.2, -0.15) is 23.8 Å². The Balaban J connectivity index is 0.963. The average molecular weight is 1000 g/mol. The Hall–Kier alpha value is -4.50. The van der Waals surface area contributed by atoms with Crippen LogP contribution in [0.4, 0.5) is 5.82 Å². The minimum absolute atomic E-state index is 0.0429. The highest BCUT2D eigenvalue weighted by Crippen LogP contribution is 2.66. The molecule has 3 aliphatic heterocycles. The van der Waals surface area contributed by atoms with Crippen LogP contribution in [0.2, 0.25) is 0 Å². The number of azo groups is 1. The summed E-state index contributed by atoms with van der Waals surface area (Å²) in [4.78, 5) is 92.0. The summed E-state index contributed by atoms with van der Waals surface area (Å²) in [5, 5.41) is 31.2. The molecule has 368 valence electrons. The number of anilines is 1. The number of aromatic amines is 1. The van der Waals surface area contributed by atoms with Crippen molar-refractivity contribution in [2.45, 2.75) is 114 Å². The highest BCUT2D eigenvalue weighted by atomic mass is 31.3. The maximum atomic E-state index is 12.6. The number of hydrogen-bond acceptors (Lipinski definition) is 19. The maximum absolute atomic E-state index is 12.6. The van der Waals surface area contributed by atoms with Crippen LogP contribution in [-0.4, -0.2) is 112 Å². The van der Waals surface area contributed by atoms with E-state index < -0.39 is 83.9 Å². The molecule has 0 saturated carbocycles. The average Bonchev–Trinajstić information content (AvgIpc) is 3.98. The van der Waals surface area contributed by atoms with Crippen molar-refractivity contribution < 1.29 is 75.6 Å². The first-order chi connectivity index (χ1) is 31.7. The number of methoxy groups -OCH3 is 1. The number of carbonyl (C=O) groups is 1. The predicted octanol–water partition coefficient (Wildman–Crippen LogP) is 0.711. The van der Waals surface area contributed by atoms with Gasteiger partial charge in [-0.25, -0.2) is 23.3 Å². The third kappa shape index (κ3) is 16.6. The number of aliphatic hydroxyl groups excluding tert-OH is 2. The number of phosphoric acid groups is 3. The normalized spacial score (nSPS) is 24.2. The zero-order chi connectivity index (χ0) is 48.9. The Bertz CT molecular complexity index is 2600. The summed E-state index contributed by atoms with van der Waals surface area (Å²) in [6, 6.07) is -0.0429. The number of nitrogens with one attached hydrogen (secondary N) is 2. The molecule has 3 aliphatic rings. The minimum atomic E-state index is -5.77. The number of carbonyl (C=O) groups excluding carboxylic acids is 1. The molecule has 0 bridgehead atoms. The van der Waals surface area contributed by atoms with Gasteiger partial charge in [0.25, 0.3) is 5.56 Å². The van der Waals surface area contributed by atoms with Gasteiger partial charge in [-0.3, -0.25) is 28.2 Å². The molecule has 2 aromatic rings. The number of phosphoric ester groups is 1. The van der Waals surface area contributed by atoms with E-state index in [0.717, 1.165) is 42.4 Å². The van der Waals surface area contributed by atoms with Gasteiger partial charge in [-0.05, 0) is 38.2 Å². The first kappa shape index (κ1) is 53.5. The fourth-order valence-corrected chi connectivity index (χ4v) is 9.97. The molecule has 5 heterocycles. The molecule has 5 unspecified atom stereocenters. The fourth-order valence-electron chi connectivity index (χ4n) is 6.94. The smallest absolute Gasteiger partial charge is 0.394 e. The molecule has 0 aliphatic carbocycles. The van der Waals surface area contributed by atoms with Crippen LogP contribution in [0.5, 0.6) is 0 Å². The van der Waals surface area contributed by atoms with E-state index in [1.54, 1.807) is 0 Å². The molecule has 5 rings (SSSR count). The number of unbranched alkanes of at least 4 members (excludes halogenated alkanes) is 4. The molecule has 0 spiro atoms. The summed E-state index contributed by atoms with van der Waals surface area (Å²) in [6.07, 6.45) is 4.97. The molecule has 30 heteroatoms. The summed E-state index contributed by atoms with van der Waals surface area (Å²) < 4.78 is 65.0. The van der Waals surface area contributed by atoms with Gasteiger partial charge >= 0.3 is 34.8 Å². The fraction of sp³-hybridized carbons (Fsp3) is 0.595. The van der Waals surface area contributed by atoms with Crippen LogP contribution in [0.15, 0.2) is 48.8 Å². The number of allylic oxidation sites excluding steroid dienone is 1. The molecule has 0 radical (unpaired) electrons. The lowest BCUT2D eigenvalue weighted by atomic mass is 10.1. The van der Waals surface area contributed by atoms with Crippen molar-refractivity contribution in [2.75, 3.05) is 32.6 Å². The topological polar surface area (TPSA) is 398 Å². The molecule has 67 heavy (non-hydrogen) atoms. The van der Waals surface area contributed by atoms with Gasteiger partial charge in [0.2, 0.25) is 5.91 Å². The first-order valence-corrected chi connectivity index (χ1v) is 25.2. The second-order valence-electron chi connectivity index (χ2n) is 15.2. The molecule has 2 fully saturated rings. The maximum Gasteiger partial charge on any atom is 0.490 e. The number of nitrogens with two attached hydrogens (primary N) is 1. The van der Waals surface area contributed by atoms with Gasteiger partial charge in [-0.15, -0.1) is 0 Å². The highest BCUT2D eigenvalue weighted by Gasteiger charge is 2.43. The van der Waals surface area contributed by atoms with Crippen LogP contribution < -0.4 is 28.0 Å². The Kier molecular flexibility index (Phi) is 19.3. The summed E-state index contributed by atoms with van der Waals surface area (Å²) >= 11 is 0. The SMILES string of the molecule is COC1C[C@H](n2cc(C#CCCCCC3=CC(CCCCCC(=O)NCC#Cc4cn([C@H]5CC(O)[C@@H](COP(=O)(O)OP(=O)(O)OP(=O)(O)O)O5)c(=O)nc4N)N=N3)c(=O)[nH]c2=O)O[C@@H]1CO. The number of nitrogens with zero attached hydrogens (tertiary/aromatic N) is 5. The summed E-state index contributed by atoms with van der Waals surface area (Å²) in [6.45, 7) is -1.28. The molecular formula is C37H51N8O19P3. The van der Waals surface area contributed by atoms with Gasteiger partial charge in [0.15, 0.2) is 0 Å². The van der Waals surface area contributed by atoms with Crippen molar-refractivity contribution >= 4 is 35.2 Å². The number of H-pyrrole nitrogens is 1. The number of rotatable bonds is 22. The standard InChI is InChI=1S/C37H51N8O19P3/c1-59-28-18-33(61-29(28)21-46)45-20-24(35(49)41-37(45)51)10-5-2-3-6-12-25-16-26(43-42-25)13-7-4-8-14-31(48)39-15-9-11-23-19-44(36(50)40-34(23)38)32-17-27(47)30(62-32)22-60-66(55,56)64-67(57,58)63-65(52,53)54/h16,19-20,26-30,32-33,46-47H,2-4,6-8,12-15,17-18,21-22H2,1H3,(H,39,48)(H,55,56)(H,57,58)(H2,38,40,50)(H,41,49,51)(H2,52,53,54)/t26?,27?,28?,29-,30-,32-,33-/m1/s1. The molecular weight excluding hydrogens is 953 g/mol. The second-order valence-corrected chi connectivity index (χ2v) is 19.6. The number of aromatic nitrogens is 4. The van der Waals surface area contributed by atoms with Crippen LogP contribution in [0.1, 0.15) is 94.2 Å². The number of nitrogen functional groups attached to an aromatic ring is 1. The van der Waals surface area contributed by atoms with Crippen molar-refractivity contribution in [3.05, 3.63) is 66.6 Å². The Morgan fingerprint density at radius 3 is 2.37 bits per heavy atom. The third-order valence-electron chi connectivity index (χ3n) is 10.2. The monoisotopic (exact) mass is 1000 g/mol. The molecule has 2 aromatic heterocycles. The molecule has 0 aromatic carbocycles. The van der Waals surface area contributed by atoms with Crippen molar-refractivity contribution in [2.24, 2.45) is 10.2 Å². The van der Waals surface area contributed by atoms with E-state index in [-0.39, 0.29) is 54.9 Å². The van der Waals surface area contributed by atoms with E-state index in [2.05, 4.69) is 62.3 Å². The Labute approximate surface area is 381 Å². The van der Waals surface area contributed by atoms with E-state index in [4.69, 9.17) is 29.7 Å².